The molecule has 1 saturated heterocycles. The van der Waals surface area contributed by atoms with E-state index < -0.39 is 30.2 Å². The Morgan fingerprint density at radius 3 is 2.24 bits per heavy atom. The SMILES string of the molecule is CNC(c1cc[n+](C2CCCCC2)cc1)N1CC(=O)N(c2ccc(OC(F)(F)F)cc2)C1=O. The largest absolute Gasteiger partial charge is 0.573 e. The van der Waals surface area contributed by atoms with Crippen LogP contribution in [0.15, 0.2) is 48.8 Å². The van der Waals surface area contributed by atoms with Crippen molar-refractivity contribution < 1.29 is 32.1 Å². The molecule has 10 heteroatoms. The summed E-state index contributed by atoms with van der Waals surface area (Å²) in [6, 6.07) is 8.47. The number of amides is 3. The lowest BCUT2D eigenvalue weighted by molar-refractivity contribution is -0.725. The summed E-state index contributed by atoms with van der Waals surface area (Å²) in [5, 5.41) is 3.09. The fourth-order valence-electron chi connectivity index (χ4n) is 4.53. The molecule has 1 aromatic carbocycles. The first-order chi connectivity index (χ1) is 15.8. The molecular formula is C23H26F3N4O3+. The van der Waals surface area contributed by atoms with Crippen LogP contribution in [0.2, 0.25) is 0 Å². The van der Waals surface area contributed by atoms with Gasteiger partial charge in [-0.05, 0) is 44.2 Å². The molecule has 1 aromatic heterocycles. The van der Waals surface area contributed by atoms with Gasteiger partial charge in [-0.3, -0.25) is 15.0 Å². The zero-order valence-corrected chi connectivity index (χ0v) is 18.2. The zero-order valence-electron chi connectivity index (χ0n) is 18.2. The van der Waals surface area contributed by atoms with Crippen LogP contribution in [0.5, 0.6) is 5.75 Å². The lowest BCUT2D eigenvalue weighted by Gasteiger charge is -2.27. The number of hydrogen-bond acceptors (Lipinski definition) is 4. The van der Waals surface area contributed by atoms with Crippen molar-refractivity contribution in [2.45, 2.75) is 50.7 Å². The molecule has 2 aromatic rings. The van der Waals surface area contributed by atoms with Crippen molar-refractivity contribution in [3.63, 3.8) is 0 Å². The summed E-state index contributed by atoms with van der Waals surface area (Å²) >= 11 is 0. The molecule has 0 radical (unpaired) electrons. The average molecular weight is 463 g/mol. The number of rotatable bonds is 6. The second-order valence-electron chi connectivity index (χ2n) is 8.24. The Hall–Kier alpha value is -3.14. The highest BCUT2D eigenvalue weighted by molar-refractivity contribution is 6.19. The van der Waals surface area contributed by atoms with Crippen LogP contribution < -0.4 is 19.5 Å². The molecule has 1 unspecified atom stereocenters. The molecule has 2 fully saturated rings. The first-order valence-corrected chi connectivity index (χ1v) is 10.9. The van der Waals surface area contributed by atoms with Crippen LogP contribution >= 0.6 is 0 Å². The topological polar surface area (TPSA) is 65.8 Å². The number of carbonyl (C=O) groups is 2. The number of carbonyl (C=O) groups excluding carboxylic acids is 2. The molecule has 1 aliphatic carbocycles. The first kappa shape index (κ1) is 23.0. The summed E-state index contributed by atoms with van der Waals surface area (Å²) in [6.45, 7) is -0.150. The number of aromatic nitrogens is 1. The lowest BCUT2D eigenvalue weighted by Crippen LogP contribution is -2.42. The second kappa shape index (κ2) is 9.38. The maximum Gasteiger partial charge on any atom is 0.573 e. The van der Waals surface area contributed by atoms with E-state index in [0.717, 1.165) is 35.4 Å². The number of halogens is 3. The minimum absolute atomic E-state index is 0.150. The highest BCUT2D eigenvalue weighted by atomic mass is 19.4. The van der Waals surface area contributed by atoms with Gasteiger partial charge in [-0.2, -0.15) is 0 Å². The van der Waals surface area contributed by atoms with Gasteiger partial charge in [-0.15, -0.1) is 13.2 Å². The van der Waals surface area contributed by atoms with Gasteiger partial charge in [0.15, 0.2) is 18.4 Å². The van der Waals surface area contributed by atoms with Crippen LogP contribution in [0, 0.1) is 0 Å². The van der Waals surface area contributed by atoms with Crippen molar-refractivity contribution in [3.8, 4) is 5.75 Å². The smallest absolute Gasteiger partial charge is 0.406 e. The van der Waals surface area contributed by atoms with Crippen molar-refractivity contribution in [2.75, 3.05) is 18.5 Å². The maximum atomic E-state index is 13.1. The molecular weight excluding hydrogens is 437 g/mol. The van der Waals surface area contributed by atoms with Gasteiger partial charge in [0.05, 0.1) is 5.69 Å². The van der Waals surface area contributed by atoms with Crippen molar-refractivity contribution in [1.29, 1.82) is 0 Å². The van der Waals surface area contributed by atoms with Crippen LogP contribution in [0.3, 0.4) is 0 Å². The van der Waals surface area contributed by atoms with Crippen LogP contribution in [0.1, 0.15) is 49.9 Å². The summed E-state index contributed by atoms with van der Waals surface area (Å²) in [7, 11) is 1.70. The number of hydrogen-bond donors (Lipinski definition) is 1. The van der Waals surface area contributed by atoms with Crippen molar-refractivity contribution in [1.82, 2.24) is 10.2 Å². The number of benzene rings is 1. The molecule has 0 bridgehead atoms. The molecule has 0 spiro atoms. The van der Waals surface area contributed by atoms with E-state index in [4.69, 9.17) is 0 Å². The van der Waals surface area contributed by atoms with Crippen LogP contribution in [0.4, 0.5) is 23.7 Å². The third-order valence-corrected chi connectivity index (χ3v) is 6.10. The van der Waals surface area contributed by atoms with E-state index in [1.165, 1.54) is 36.3 Å². The summed E-state index contributed by atoms with van der Waals surface area (Å²) < 4.78 is 43.2. The number of nitrogens with zero attached hydrogens (tertiary/aromatic N) is 3. The third kappa shape index (κ3) is 5.11. The quantitative estimate of drug-likeness (QED) is 0.518. The van der Waals surface area contributed by atoms with E-state index in [2.05, 4.69) is 14.6 Å². The number of alkyl halides is 3. The van der Waals surface area contributed by atoms with Gasteiger partial charge in [0, 0.05) is 30.5 Å². The van der Waals surface area contributed by atoms with Crippen LogP contribution in [-0.2, 0) is 4.79 Å². The predicted octanol–water partition coefficient (Wildman–Crippen LogP) is 4.06. The van der Waals surface area contributed by atoms with Gasteiger partial charge < -0.3 is 4.74 Å². The van der Waals surface area contributed by atoms with Crippen LogP contribution in [-0.4, -0.2) is 36.8 Å². The molecule has 3 amide bonds. The lowest BCUT2D eigenvalue weighted by atomic mass is 9.95. The van der Waals surface area contributed by atoms with E-state index in [9.17, 15) is 22.8 Å². The molecule has 7 nitrogen and oxygen atoms in total. The number of pyridine rings is 1. The Morgan fingerprint density at radius 2 is 1.67 bits per heavy atom. The molecule has 2 aliphatic rings. The number of nitrogens with one attached hydrogen (secondary N) is 1. The third-order valence-electron chi connectivity index (χ3n) is 6.10. The minimum Gasteiger partial charge on any atom is -0.406 e. The van der Waals surface area contributed by atoms with Crippen molar-refractivity contribution in [3.05, 3.63) is 54.4 Å². The maximum absolute atomic E-state index is 13.1. The minimum atomic E-state index is -4.82. The van der Waals surface area contributed by atoms with Gasteiger partial charge in [0.25, 0.3) is 5.91 Å². The van der Waals surface area contributed by atoms with E-state index in [1.807, 2.05) is 24.5 Å². The Kier molecular flexibility index (Phi) is 6.55. The molecule has 33 heavy (non-hydrogen) atoms. The van der Waals surface area contributed by atoms with Gasteiger partial charge in [0.1, 0.15) is 18.5 Å². The van der Waals surface area contributed by atoms with E-state index in [1.54, 1.807) is 7.05 Å². The Labute approximate surface area is 189 Å². The molecule has 1 atom stereocenters. The molecule has 4 rings (SSSR count). The highest BCUT2D eigenvalue weighted by Gasteiger charge is 2.41. The Balaban J connectivity index is 1.49. The second-order valence-corrected chi connectivity index (χ2v) is 8.24. The molecule has 1 saturated carbocycles. The summed E-state index contributed by atoms with van der Waals surface area (Å²) in [6.07, 6.45) is 4.70. The average Bonchev–Trinajstić information content (AvgIpc) is 3.09. The number of anilines is 1. The van der Waals surface area contributed by atoms with Gasteiger partial charge in [-0.1, -0.05) is 6.42 Å². The van der Waals surface area contributed by atoms with Gasteiger partial charge >= 0.3 is 12.4 Å². The van der Waals surface area contributed by atoms with Crippen LogP contribution in [0.25, 0.3) is 0 Å². The van der Waals surface area contributed by atoms with E-state index in [0.29, 0.717) is 6.04 Å². The van der Waals surface area contributed by atoms with E-state index >= 15 is 0 Å². The Bertz CT molecular complexity index is 990. The fourth-order valence-corrected chi connectivity index (χ4v) is 4.53. The summed E-state index contributed by atoms with van der Waals surface area (Å²) in [5.74, 6) is -0.885. The van der Waals surface area contributed by atoms with Crippen molar-refractivity contribution in [2.24, 2.45) is 0 Å². The monoisotopic (exact) mass is 463 g/mol. The standard InChI is InChI=1S/C23H26F3N4O3/c1-27-21(16-11-13-28(14-12-16)17-5-3-2-4-6-17)29-15-20(31)30(22(29)32)18-7-9-19(10-8-18)33-23(24,25)26/h7-14,17,21,27H,2-6,15H2,1H3/q+1. The predicted molar refractivity (Wildman–Crippen MR) is 113 cm³/mol. The molecule has 176 valence electrons. The normalized spacial score (nSPS) is 18.7. The molecule has 1 aliphatic heterocycles. The molecule has 2 heterocycles. The zero-order chi connectivity index (χ0) is 23.6. The summed E-state index contributed by atoms with van der Waals surface area (Å²) in [5.41, 5.74) is 1.02. The Morgan fingerprint density at radius 1 is 1.03 bits per heavy atom. The number of ether oxygens (including phenoxy) is 1. The van der Waals surface area contributed by atoms with E-state index in [-0.39, 0.29) is 12.2 Å². The highest BCUT2D eigenvalue weighted by Crippen LogP contribution is 2.30. The molecule has 1 N–H and O–H groups in total. The number of imide groups is 1. The fraction of sp³-hybridized carbons (Fsp3) is 0.435. The van der Waals surface area contributed by atoms with Crippen molar-refractivity contribution >= 4 is 17.6 Å². The van der Waals surface area contributed by atoms with Gasteiger partial charge in [-0.25, -0.2) is 14.3 Å². The number of urea groups is 1. The first-order valence-electron chi connectivity index (χ1n) is 10.9. The van der Waals surface area contributed by atoms with Gasteiger partial charge in [0.2, 0.25) is 0 Å². The summed E-state index contributed by atoms with van der Waals surface area (Å²) in [4.78, 5) is 28.1.